The molecule has 3 aromatic rings. The van der Waals surface area contributed by atoms with E-state index in [9.17, 15) is 4.79 Å². The van der Waals surface area contributed by atoms with E-state index in [0.717, 1.165) is 36.2 Å². The molecule has 6 heteroatoms. The second-order valence-corrected chi connectivity index (χ2v) is 6.91. The predicted molar refractivity (Wildman–Crippen MR) is 98.4 cm³/mol. The topological polar surface area (TPSA) is 41.6 Å². The average molecular weight is 388 g/mol. The van der Waals surface area contributed by atoms with E-state index in [4.69, 9.17) is 4.42 Å². The highest BCUT2D eigenvalue weighted by atomic mass is 79.9. The zero-order valence-electron chi connectivity index (χ0n) is 13.2. The van der Waals surface area contributed by atoms with Gasteiger partial charge in [0.05, 0.1) is 12.2 Å². The van der Waals surface area contributed by atoms with Gasteiger partial charge < -0.3 is 9.32 Å². The SMILES string of the molecule is O=c1oc2cc(Br)ccc2n1CN1CCN(c2ccccc2)CC1. The van der Waals surface area contributed by atoms with Crippen LogP contribution in [0.5, 0.6) is 0 Å². The van der Waals surface area contributed by atoms with Crippen LogP contribution in [0.25, 0.3) is 11.1 Å². The van der Waals surface area contributed by atoms with E-state index in [1.54, 1.807) is 4.57 Å². The molecular formula is C18H18BrN3O2. The standard InChI is InChI=1S/C18H18BrN3O2/c19-14-6-7-16-17(12-14)24-18(23)22(16)13-20-8-10-21(11-9-20)15-4-2-1-3-5-15/h1-7,12H,8-11,13H2. The summed E-state index contributed by atoms with van der Waals surface area (Å²) in [7, 11) is 0. The molecule has 1 fully saturated rings. The highest BCUT2D eigenvalue weighted by molar-refractivity contribution is 9.10. The molecule has 0 bridgehead atoms. The summed E-state index contributed by atoms with van der Waals surface area (Å²) in [5, 5.41) is 0. The number of piperazine rings is 1. The van der Waals surface area contributed by atoms with Crippen LogP contribution in [0.3, 0.4) is 0 Å². The van der Waals surface area contributed by atoms with Crippen molar-refractivity contribution in [3.63, 3.8) is 0 Å². The number of para-hydroxylation sites is 1. The summed E-state index contributed by atoms with van der Waals surface area (Å²) < 4.78 is 7.97. The van der Waals surface area contributed by atoms with Gasteiger partial charge >= 0.3 is 5.76 Å². The number of nitrogens with zero attached hydrogens (tertiary/aromatic N) is 3. The molecule has 2 aromatic carbocycles. The lowest BCUT2D eigenvalue weighted by Crippen LogP contribution is -2.47. The van der Waals surface area contributed by atoms with Crippen LogP contribution < -0.4 is 10.7 Å². The zero-order chi connectivity index (χ0) is 16.5. The first-order valence-corrected chi connectivity index (χ1v) is 8.81. The van der Waals surface area contributed by atoms with Crippen molar-refractivity contribution in [1.82, 2.24) is 9.47 Å². The maximum absolute atomic E-state index is 12.2. The number of anilines is 1. The Morgan fingerprint density at radius 2 is 1.75 bits per heavy atom. The van der Waals surface area contributed by atoms with Crippen LogP contribution in [0, 0.1) is 0 Å². The smallest absolute Gasteiger partial charge is 0.408 e. The summed E-state index contributed by atoms with van der Waals surface area (Å²) in [6.07, 6.45) is 0. The van der Waals surface area contributed by atoms with Crippen molar-refractivity contribution < 1.29 is 4.42 Å². The van der Waals surface area contributed by atoms with Gasteiger partial charge in [-0.1, -0.05) is 34.1 Å². The van der Waals surface area contributed by atoms with Crippen LogP contribution in [-0.4, -0.2) is 35.6 Å². The number of benzene rings is 2. The Hall–Kier alpha value is -2.05. The first-order chi connectivity index (χ1) is 11.7. The number of rotatable bonds is 3. The summed E-state index contributed by atoms with van der Waals surface area (Å²) in [5.41, 5.74) is 2.72. The minimum Gasteiger partial charge on any atom is -0.408 e. The monoisotopic (exact) mass is 387 g/mol. The molecule has 0 atom stereocenters. The Kier molecular flexibility index (Phi) is 4.16. The number of oxazole rings is 1. The van der Waals surface area contributed by atoms with Gasteiger partial charge in [0.25, 0.3) is 0 Å². The quantitative estimate of drug-likeness (QED) is 0.692. The molecule has 4 rings (SSSR count). The van der Waals surface area contributed by atoms with Gasteiger partial charge in [0.1, 0.15) is 0 Å². The maximum atomic E-state index is 12.2. The molecule has 2 heterocycles. The average Bonchev–Trinajstić information content (AvgIpc) is 2.91. The van der Waals surface area contributed by atoms with Gasteiger partial charge in [0.15, 0.2) is 5.58 Å². The molecule has 0 amide bonds. The van der Waals surface area contributed by atoms with Crippen LogP contribution in [-0.2, 0) is 6.67 Å². The third-order valence-corrected chi connectivity index (χ3v) is 4.96. The molecular weight excluding hydrogens is 370 g/mol. The van der Waals surface area contributed by atoms with Gasteiger partial charge in [-0.15, -0.1) is 0 Å². The first kappa shape index (κ1) is 15.5. The summed E-state index contributed by atoms with van der Waals surface area (Å²) in [6, 6.07) is 16.1. The second-order valence-electron chi connectivity index (χ2n) is 5.99. The molecule has 1 saturated heterocycles. The minimum atomic E-state index is -0.298. The highest BCUT2D eigenvalue weighted by Gasteiger charge is 2.19. The Morgan fingerprint density at radius 3 is 2.50 bits per heavy atom. The minimum absolute atomic E-state index is 0.298. The van der Waals surface area contributed by atoms with Crippen molar-refractivity contribution in [2.24, 2.45) is 0 Å². The molecule has 0 radical (unpaired) electrons. The molecule has 24 heavy (non-hydrogen) atoms. The van der Waals surface area contributed by atoms with Crippen molar-refractivity contribution in [2.75, 3.05) is 31.1 Å². The zero-order valence-corrected chi connectivity index (χ0v) is 14.8. The molecule has 1 aromatic heterocycles. The number of hydrogen-bond acceptors (Lipinski definition) is 4. The third-order valence-electron chi connectivity index (χ3n) is 4.47. The lowest BCUT2D eigenvalue weighted by Gasteiger charge is -2.36. The molecule has 0 spiro atoms. The Balaban J connectivity index is 1.48. The van der Waals surface area contributed by atoms with Gasteiger partial charge in [0, 0.05) is 36.3 Å². The van der Waals surface area contributed by atoms with E-state index < -0.39 is 0 Å². The van der Waals surface area contributed by atoms with Crippen LogP contribution in [0.4, 0.5) is 5.69 Å². The van der Waals surface area contributed by atoms with Gasteiger partial charge in [-0.25, -0.2) is 4.79 Å². The number of fused-ring (bicyclic) bond motifs is 1. The Bertz CT molecular complexity index is 896. The molecule has 0 N–H and O–H groups in total. The lowest BCUT2D eigenvalue weighted by atomic mass is 10.2. The summed E-state index contributed by atoms with van der Waals surface area (Å²) in [6.45, 7) is 4.32. The summed E-state index contributed by atoms with van der Waals surface area (Å²) in [4.78, 5) is 16.8. The molecule has 124 valence electrons. The number of aromatic nitrogens is 1. The van der Waals surface area contributed by atoms with Gasteiger partial charge in [-0.05, 0) is 30.3 Å². The first-order valence-electron chi connectivity index (χ1n) is 8.02. The summed E-state index contributed by atoms with van der Waals surface area (Å²) in [5.74, 6) is -0.298. The Labute approximate surface area is 148 Å². The predicted octanol–water partition coefficient (Wildman–Crippen LogP) is 3.14. The number of halogens is 1. The maximum Gasteiger partial charge on any atom is 0.421 e. The van der Waals surface area contributed by atoms with Crippen LogP contribution in [0.15, 0.2) is 62.2 Å². The van der Waals surface area contributed by atoms with E-state index >= 15 is 0 Å². The number of hydrogen-bond donors (Lipinski definition) is 0. The van der Waals surface area contributed by atoms with Crippen molar-refractivity contribution in [3.05, 3.63) is 63.6 Å². The fourth-order valence-electron chi connectivity index (χ4n) is 3.16. The van der Waals surface area contributed by atoms with Gasteiger partial charge in [0.2, 0.25) is 0 Å². The fraction of sp³-hybridized carbons (Fsp3) is 0.278. The lowest BCUT2D eigenvalue weighted by molar-refractivity contribution is 0.202. The molecule has 0 unspecified atom stereocenters. The van der Waals surface area contributed by atoms with E-state index in [2.05, 4.69) is 50.0 Å². The molecule has 5 nitrogen and oxygen atoms in total. The molecule has 0 aliphatic carbocycles. The van der Waals surface area contributed by atoms with Crippen molar-refractivity contribution >= 4 is 32.7 Å². The van der Waals surface area contributed by atoms with Crippen molar-refractivity contribution in [1.29, 1.82) is 0 Å². The Morgan fingerprint density at radius 1 is 1.00 bits per heavy atom. The van der Waals surface area contributed by atoms with Gasteiger partial charge in [-0.2, -0.15) is 0 Å². The fourth-order valence-corrected chi connectivity index (χ4v) is 3.50. The van der Waals surface area contributed by atoms with Crippen molar-refractivity contribution in [2.45, 2.75) is 6.67 Å². The van der Waals surface area contributed by atoms with Crippen LogP contribution >= 0.6 is 15.9 Å². The van der Waals surface area contributed by atoms with E-state index in [1.807, 2.05) is 24.3 Å². The highest BCUT2D eigenvalue weighted by Crippen LogP contribution is 2.20. The molecule has 1 aliphatic rings. The molecule has 0 saturated carbocycles. The third kappa shape index (κ3) is 2.99. The largest absolute Gasteiger partial charge is 0.421 e. The van der Waals surface area contributed by atoms with E-state index in [-0.39, 0.29) is 5.76 Å². The van der Waals surface area contributed by atoms with E-state index in [1.165, 1.54) is 5.69 Å². The molecule has 1 aliphatic heterocycles. The van der Waals surface area contributed by atoms with Crippen LogP contribution in [0.2, 0.25) is 0 Å². The van der Waals surface area contributed by atoms with Gasteiger partial charge in [-0.3, -0.25) is 9.47 Å². The van der Waals surface area contributed by atoms with Crippen LogP contribution in [0.1, 0.15) is 0 Å². The summed E-state index contributed by atoms with van der Waals surface area (Å²) >= 11 is 3.41. The van der Waals surface area contributed by atoms with E-state index in [0.29, 0.717) is 12.3 Å². The second kappa shape index (κ2) is 6.45. The van der Waals surface area contributed by atoms with Crippen molar-refractivity contribution in [3.8, 4) is 0 Å². The normalized spacial score (nSPS) is 16.0.